The zero-order chi connectivity index (χ0) is 17.2. The molecule has 0 aliphatic carbocycles. The van der Waals surface area contributed by atoms with E-state index in [0.717, 1.165) is 24.3 Å². The summed E-state index contributed by atoms with van der Waals surface area (Å²) in [4.78, 5) is 14.0. The lowest BCUT2D eigenvalue weighted by molar-refractivity contribution is 0.240. The summed E-state index contributed by atoms with van der Waals surface area (Å²) in [5.74, 6) is 0.811. The second kappa shape index (κ2) is 9.45. The molecule has 2 N–H and O–H groups in total. The van der Waals surface area contributed by atoms with E-state index in [1.807, 2.05) is 42.5 Å². The number of methoxy groups -OCH3 is 1. The highest BCUT2D eigenvalue weighted by Crippen LogP contribution is 2.11. The van der Waals surface area contributed by atoms with Gasteiger partial charge in [-0.25, -0.2) is 4.79 Å². The molecule has 128 valence electrons. The van der Waals surface area contributed by atoms with E-state index in [1.165, 1.54) is 5.69 Å². The average molecular weight is 327 g/mol. The van der Waals surface area contributed by atoms with Crippen molar-refractivity contribution in [3.63, 3.8) is 0 Å². The molecule has 2 rings (SSSR count). The van der Waals surface area contributed by atoms with Crippen molar-refractivity contribution in [3.8, 4) is 5.75 Å². The van der Waals surface area contributed by atoms with Gasteiger partial charge in [-0.05, 0) is 36.2 Å². The number of benzene rings is 2. The second-order valence-corrected chi connectivity index (χ2v) is 5.57. The number of nitrogens with one attached hydrogen (secondary N) is 2. The van der Waals surface area contributed by atoms with E-state index in [4.69, 9.17) is 4.74 Å². The summed E-state index contributed by atoms with van der Waals surface area (Å²) in [6, 6.07) is 17.7. The number of ether oxygens (including phenoxy) is 1. The number of hydrogen-bond donors (Lipinski definition) is 2. The Kier molecular flexibility index (Phi) is 6.95. The molecular formula is C19H25N3O2. The van der Waals surface area contributed by atoms with Crippen molar-refractivity contribution >= 4 is 11.7 Å². The first-order valence-corrected chi connectivity index (χ1v) is 8.10. The molecule has 0 spiro atoms. The summed E-state index contributed by atoms with van der Waals surface area (Å²) in [5.41, 5.74) is 2.22. The maximum Gasteiger partial charge on any atom is 0.315 e. The van der Waals surface area contributed by atoms with Gasteiger partial charge in [0.2, 0.25) is 0 Å². The smallest absolute Gasteiger partial charge is 0.315 e. The molecule has 0 fully saturated rings. The van der Waals surface area contributed by atoms with E-state index in [9.17, 15) is 4.79 Å². The van der Waals surface area contributed by atoms with E-state index in [1.54, 1.807) is 7.11 Å². The van der Waals surface area contributed by atoms with E-state index in [0.29, 0.717) is 13.1 Å². The summed E-state index contributed by atoms with van der Waals surface area (Å²) in [6.07, 6.45) is 0.890. The number of anilines is 1. The predicted molar refractivity (Wildman–Crippen MR) is 97.6 cm³/mol. The van der Waals surface area contributed by atoms with Crippen molar-refractivity contribution in [2.45, 2.75) is 13.0 Å². The van der Waals surface area contributed by atoms with Crippen LogP contribution in [-0.4, -0.2) is 33.3 Å². The van der Waals surface area contributed by atoms with Gasteiger partial charge >= 0.3 is 6.03 Å². The third kappa shape index (κ3) is 5.83. The number of carbonyl (C=O) groups excluding carboxylic acids is 1. The normalized spacial score (nSPS) is 10.1. The minimum atomic E-state index is -0.145. The molecule has 2 aromatic rings. The van der Waals surface area contributed by atoms with Crippen LogP contribution in [0.2, 0.25) is 0 Å². The molecule has 0 radical (unpaired) electrons. The molecule has 0 aromatic heterocycles. The summed E-state index contributed by atoms with van der Waals surface area (Å²) in [6.45, 7) is 2.04. The van der Waals surface area contributed by atoms with Gasteiger partial charge in [0.25, 0.3) is 0 Å². The van der Waals surface area contributed by atoms with Gasteiger partial charge in [-0.2, -0.15) is 0 Å². The Morgan fingerprint density at radius 1 is 1.04 bits per heavy atom. The first kappa shape index (κ1) is 17.7. The van der Waals surface area contributed by atoms with Crippen molar-refractivity contribution in [3.05, 3.63) is 60.2 Å². The molecule has 0 aliphatic heterocycles. The molecule has 0 atom stereocenters. The fourth-order valence-corrected chi connectivity index (χ4v) is 2.32. The zero-order valence-corrected chi connectivity index (χ0v) is 14.3. The third-order valence-electron chi connectivity index (χ3n) is 3.76. The maximum atomic E-state index is 11.8. The van der Waals surface area contributed by atoms with Gasteiger partial charge in [-0.3, -0.25) is 0 Å². The standard InChI is InChI=1S/C19H25N3O2/c1-22(17-7-4-3-5-8-17)14-6-13-20-19(23)21-15-16-9-11-18(24-2)12-10-16/h3-5,7-12H,6,13-15H2,1-2H3,(H2,20,21,23). The zero-order valence-electron chi connectivity index (χ0n) is 14.3. The number of nitrogens with zero attached hydrogens (tertiary/aromatic N) is 1. The number of amides is 2. The van der Waals surface area contributed by atoms with Crippen LogP contribution in [-0.2, 0) is 6.54 Å². The third-order valence-corrected chi connectivity index (χ3v) is 3.76. The van der Waals surface area contributed by atoms with Crippen molar-refractivity contribution in [1.29, 1.82) is 0 Å². The summed E-state index contributed by atoms with van der Waals surface area (Å²) < 4.78 is 5.11. The van der Waals surface area contributed by atoms with Gasteiger partial charge in [-0.1, -0.05) is 30.3 Å². The number of para-hydroxylation sites is 1. The Labute approximate surface area is 143 Å². The van der Waals surface area contributed by atoms with Crippen LogP contribution in [0.1, 0.15) is 12.0 Å². The van der Waals surface area contributed by atoms with Crippen LogP contribution in [0.25, 0.3) is 0 Å². The first-order valence-electron chi connectivity index (χ1n) is 8.10. The van der Waals surface area contributed by atoms with Crippen molar-refractivity contribution in [2.75, 3.05) is 32.1 Å². The molecule has 0 aliphatic rings. The van der Waals surface area contributed by atoms with Crippen molar-refractivity contribution < 1.29 is 9.53 Å². The van der Waals surface area contributed by atoms with E-state index >= 15 is 0 Å². The molecule has 0 bridgehead atoms. The van der Waals surface area contributed by atoms with Crippen molar-refractivity contribution in [1.82, 2.24) is 10.6 Å². The van der Waals surface area contributed by atoms with Gasteiger partial charge in [-0.15, -0.1) is 0 Å². The number of carbonyl (C=O) groups is 1. The van der Waals surface area contributed by atoms with Crippen LogP contribution in [0.3, 0.4) is 0 Å². The average Bonchev–Trinajstić information content (AvgIpc) is 2.64. The molecule has 5 heteroatoms. The minimum absolute atomic E-state index is 0.145. The molecule has 0 unspecified atom stereocenters. The van der Waals surface area contributed by atoms with Crippen LogP contribution in [0, 0.1) is 0 Å². The Hall–Kier alpha value is -2.69. The lowest BCUT2D eigenvalue weighted by Crippen LogP contribution is -2.36. The number of rotatable bonds is 8. The molecule has 2 amide bonds. The van der Waals surface area contributed by atoms with Crippen LogP contribution in [0.15, 0.2) is 54.6 Å². The largest absolute Gasteiger partial charge is 0.497 e. The lowest BCUT2D eigenvalue weighted by Gasteiger charge is -2.19. The molecule has 0 heterocycles. The van der Waals surface area contributed by atoms with Gasteiger partial charge in [0, 0.05) is 32.4 Å². The number of urea groups is 1. The van der Waals surface area contributed by atoms with Gasteiger partial charge in [0.05, 0.1) is 7.11 Å². The number of hydrogen-bond acceptors (Lipinski definition) is 3. The van der Waals surface area contributed by atoms with Crippen LogP contribution in [0.4, 0.5) is 10.5 Å². The SMILES string of the molecule is COc1ccc(CNC(=O)NCCCN(C)c2ccccc2)cc1. The molecule has 2 aromatic carbocycles. The minimum Gasteiger partial charge on any atom is -0.497 e. The van der Waals surface area contributed by atoms with Gasteiger partial charge in [0.1, 0.15) is 5.75 Å². The summed E-state index contributed by atoms with van der Waals surface area (Å²) >= 11 is 0. The Balaban J connectivity index is 1.61. The molecule has 0 saturated heterocycles. The molecule has 0 saturated carbocycles. The highest BCUT2D eigenvalue weighted by Gasteiger charge is 2.02. The monoisotopic (exact) mass is 327 g/mol. The quantitative estimate of drug-likeness (QED) is 0.733. The highest BCUT2D eigenvalue weighted by molar-refractivity contribution is 5.73. The fraction of sp³-hybridized carbons (Fsp3) is 0.316. The van der Waals surface area contributed by atoms with Gasteiger partial charge in [0.15, 0.2) is 0 Å². The maximum absolute atomic E-state index is 11.8. The molecule has 24 heavy (non-hydrogen) atoms. The van der Waals surface area contributed by atoms with E-state index in [2.05, 4.69) is 34.7 Å². The summed E-state index contributed by atoms with van der Waals surface area (Å²) in [7, 11) is 3.69. The van der Waals surface area contributed by atoms with Crippen LogP contribution >= 0.6 is 0 Å². The Morgan fingerprint density at radius 2 is 1.75 bits per heavy atom. The fourth-order valence-electron chi connectivity index (χ4n) is 2.32. The summed E-state index contributed by atoms with van der Waals surface area (Å²) in [5, 5.41) is 5.73. The van der Waals surface area contributed by atoms with Gasteiger partial charge < -0.3 is 20.3 Å². The highest BCUT2D eigenvalue weighted by atomic mass is 16.5. The first-order chi connectivity index (χ1) is 11.7. The van der Waals surface area contributed by atoms with E-state index < -0.39 is 0 Å². The second-order valence-electron chi connectivity index (χ2n) is 5.57. The van der Waals surface area contributed by atoms with Crippen LogP contribution < -0.4 is 20.3 Å². The molecular weight excluding hydrogens is 302 g/mol. The Bertz CT molecular complexity index is 614. The van der Waals surface area contributed by atoms with Crippen molar-refractivity contribution in [2.24, 2.45) is 0 Å². The predicted octanol–water partition coefficient (Wildman–Crippen LogP) is 3.02. The van der Waals surface area contributed by atoms with Crippen LogP contribution in [0.5, 0.6) is 5.75 Å². The molecule has 5 nitrogen and oxygen atoms in total. The Morgan fingerprint density at radius 3 is 2.42 bits per heavy atom. The topological polar surface area (TPSA) is 53.6 Å². The lowest BCUT2D eigenvalue weighted by atomic mass is 10.2. The van der Waals surface area contributed by atoms with E-state index in [-0.39, 0.29) is 6.03 Å².